The number of anilines is 1. The highest BCUT2D eigenvalue weighted by Gasteiger charge is 2.06. The minimum Gasteiger partial charge on any atom is -0.359 e. The van der Waals surface area contributed by atoms with Gasteiger partial charge in [0.25, 0.3) is 0 Å². The van der Waals surface area contributed by atoms with Crippen LogP contribution in [-0.4, -0.2) is 27.5 Å². The van der Waals surface area contributed by atoms with E-state index in [1.807, 2.05) is 30.0 Å². The third-order valence-electron chi connectivity index (χ3n) is 3.22. The number of hydrogen-bond donors (Lipinski definition) is 1. The van der Waals surface area contributed by atoms with Crippen molar-refractivity contribution >= 4 is 28.2 Å². The van der Waals surface area contributed by atoms with Crippen LogP contribution in [-0.2, 0) is 5.75 Å². The van der Waals surface area contributed by atoms with Gasteiger partial charge in [0.2, 0.25) is 5.13 Å². The van der Waals surface area contributed by atoms with E-state index in [2.05, 4.69) is 51.7 Å². The van der Waals surface area contributed by atoms with Gasteiger partial charge in [-0.25, -0.2) is 0 Å². The van der Waals surface area contributed by atoms with Gasteiger partial charge in [-0.2, -0.15) is 11.8 Å². The Morgan fingerprint density at radius 1 is 1.09 bits per heavy atom. The highest BCUT2D eigenvalue weighted by molar-refractivity contribution is 7.98. The second kappa shape index (κ2) is 8.08. The topological polar surface area (TPSA) is 50.7 Å². The summed E-state index contributed by atoms with van der Waals surface area (Å²) in [4.78, 5) is 4.29. The molecule has 4 nitrogen and oxygen atoms in total. The number of benzene rings is 1. The van der Waals surface area contributed by atoms with Gasteiger partial charge >= 0.3 is 0 Å². The average molecular weight is 342 g/mol. The molecule has 0 aliphatic heterocycles. The first-order valence-electron chi connectivity index (χ1n) is 7.43. The van der Waals surface area contributed by atoms with Gasteiger partial charge in [-0.1, -0.05) is 47.2 Å². The summed E-state index contributed by atoms with van der Waals surface area (Å²) >= 11 is 3.45. The number of nitrogens with one attached hydrogen (secondary N) is 1. The fourth-order valence-corrected chi connectivity index (χ4v) is 3.56. The Kier molecular flexibility index (Phi) is 5.60. The summed E-state index contributed by atoms with van der Waals surface area (Å²) in [5.74, 6) is 2.07. The molecule has 3 aromatic rings. The molecule has 0 aliphatic rings. The SMILES string of the molecule is Cc1ccc(CSCCNc2nnc(-c3ccccn3)s2)cc1. The van der Waals surface area contributed by atoms with Crippen LogP contribution in [0.1, 0.15) is 11.1 Å². The van der Waals surface area contributed by atoms with E-state index in [0.717, 1.165) is 33.9 Å². The van der Waals surface area contributed by atoms with Crippen molar-refractivity contribution in [2.75, 3.05) is 17.6 Å². The number of hydrogen-bond acceptors (Lipinski definition) is 6. The van der Waals surface area contributed by atoms with Crippen molar-refractivity contribution in [1.29, 1.82) is 0 Å². The Morgan fingerprint density at radius 3 is 2.74 bits per heavy atom. The van der Waals surface area contributed by atoms with Gasteiger partial charge < -0.3 is 5.32 Å². The number of aromatic nitrogens is 3. The molecule has 0 amide bonds. The summed E-state index contributed by atoms with van der Waals surface area (Å²) in [5.41, 5.74) is 3.54. The molecular formula is C17H18N4S2. The molecule has 23 heavy (non-hydrogen) atoms. The fourth-order valence-electron chi connectivity index (χ4n) is 1.99. The van der Waals surface area contributed by atoms with Gasteiger partial charge in [-0.3, -0.25) is 4.98 Å². The number of pyridine rings is 1. The van der Waals surface area contributed by atoms with Crippen LogP contribution in [0.25, 0.3) is 10.7 Å². The minimum atomic E-state index is 0.848. The number of rotatable bonds is 7. The molecular weight excluding hydrogens is 324 g/mol. The van der Waals surface area contributed by atoms with Crippen LogP contribution in [0.4, 0.5) is 5.13 Å². The molecule has 2 aromatic heterocycles. The predicted octanol–water partition coefficient (Wildman–Crippen LogP) is 4.25. The van der Waals surface area contributed by atoms with E-state index in [1.165, 1.54) is 22.5 Å². The summed E-state index contributed by atoms with van der Waals surface area (Å²) in [5, 5.41) is 13.4. The van der Waals surface area contributed by atoms with E-state index in [0.29, 0.717) is 0 Å². The van der Waals surface area contributed by atoms with E-state index in [4.69, 9.17) is 0 Å². The lowest BCUT2D eigenvalue weighted by molar-refractivity contribution is 1.07. The van der Waals surface area contributed by atoms with E-state index < -0.39 is 0 Å². The summed E-state index contributed by atoms with van der Waals surface area (Å²) in [6, 6.07) is 14.5. The maximum Gasteiger partial charge on any atom is 0.206 e. The molecule has 0 fully saturated rings. The quantitative estimate of drug-likeness (QED) is 0.650. The monoisotopic (exact) mass is 342 g/mol. The van der Waals surface area contributed by atoms with Crippen molar-refractivity contribution in [2.45, 2.75) is 12.7 Å². The lowest BCUT2D eigenvalue weighted by Crippen LogP contribution is -2.03. The van der Waals surface area contributed by atoms with Crippen molar-refractivity contribution in [3.63, 3.8) is 0 Å². The maximum absolute atomic E-state index is 4.29. The van der Waals surface area contributed by atoms with Gasteiger partial charge in [-0.15, -0.1) is 10.2 Å². The van der Waals surface area contributed by atoms with E-state index in [-0.39, 0.29) is 0 Å². The van der Waals surface area contributed by atoms with Gasteiger partial charge in [0.1, 0.15) is 5.69 Å². The fraction of sp³-hybridized carbons (Fsp3) is 0.235. The third-order valence-corrected chi connectivity index (χ3v) is 5.15. The molecule has 1 aromatic carbocycles. The molecule has 0 atom stereocenters. The molecule has 0 aliphatic carbocycles. The van der Waals surface area contributed by atoms with Crippen LogP contribution in [0.2, 0.25) is 0 Å². The van der Waals surface area contributed by atoms with Crippen LogP contribution in [0, 0.1) is 6.92 Å². The van der Waals surface area contributed by atoms with Crippen LogP contribution in [0.15, 0.2) is 48.7 Å². The van der Waals surface area contributed by atoms with Crippen LogP contribution >= 0.6 is 23.1 Å². The molecule has 0 unspecified atom stereocenters. The first-order chi connectivity index (χ1) is 11.3. The van der Waals surface area contributed by atoms with Crippen LogP contribution < -0.4 is 5.32 Å². The molecule has 0 spiro atoms. The Bertz CT molecular complexity index is 726. The maximum atomic E-state index is 4.29. The van der Waals surface area contributed by atoms with Gasteiger partial charge in [0.15, 0.2) is 5.01 Å². The zero-order valence-electron chi connectivity index (χ0n) is 12.9. The molecule has 118 valence electrons. The van der Waals surface area contributed by atoms with Crippen molar-refractivity contribution in [3.8, 4) is 10.7 Å². The lowest BCUT2D eigenvalue weighted by atomic mass is 10.2. The third kappa shape index (κ3) is 4.77. The Hall–Kier alpha value is -1.92. The summed E-state index contributed by atoms with van der Waals surface area (Å²) < 4.78 is 0. The molecule has 0 saturated heterocycles. The second-order valence-electron chi connectivity index (χ2n) is 5.09. The van der Waals surface area contributed by atoms with Gasteiger partial charge in [0, 0.05) is 24.2 Å². The number of thioether (sulfide) groups is 1. The van der Waals surface area contributed by atoms with Gasteiger partial charge in [-0.05, 0) is 24.6 Å². The average Bonchev–Trinajstić information content (AvgIpc) is 3.06. The molecule has 3 rings (SSSR count). The van der Waals surface area contributed by atoms with Crippen molar-refractivity contribution in [1.82, 2.24) is 15.2 Å². The largest absolute Gasteiger partial charge is 0.359 e. The molecule has 0 radical (unpaired) electrons. The first kappa shape index (κ1) is 16.0. The van der Waals surface area contributed by atoms with Crippen LogP contribution in [0.3, 0.4) is 0 Å². The second-order valence-corrected chi connectivity index (χ2v) is 7.17. The highest BCUT2D eigenvalue weighted by Crippen LogP contribution is 2.24. The highest BCUT2D eigenvalue weighted by atomic mass is 32.2. The molecule has 2 heterocycles. The molecule has 6 heteroatoms. The predicted molar refractivity (Wildman–Crippen MR) is 99.0 cm³/mol. The normalized spacial score (nSPS) is 10.7. The van der Waals surface area contributed by atoms with Gasteiger partial charge in [0.05, 0.1) is 0 Å². The van der Waals surface area contributed by atoms with E-state index >= 15 is 0 Å². The standard InChI is InChI=1S/C17H18N4S2/c1-13-5-7-14(8-6-13)12-22-11-10-19-17-21-20-16(23-17)15-4-2-3-9-18-15/h2-9H,10-12H2,1H3,(H,19,21). The minimum absolute atomic E-state index is 0.848. The van der Waals surface area contributed by atoms with Crippen molar-refractivity contribution in [2.24, 2.45) is 0 Å². The van der Waals surface area contributed by atoms with E-state index in [9.17, 15) is 0 Å². The van der Waals surface area contributed by atoms with Crippen molar-refractivity contribution in [3.05, 3.63) is 59.8 Å². The molecule has 0 saturated carbocycles. The summed E-state index contributed by atoms with van der Waals surface area (Å²) in [6.45, 7) is 3.00. The summed E-state index contributed by atoms with van der Waals surface area (Å²) in [6.07, 6.45) is 1.77. The smallest absolute Gasteiger partial charge is 0.206 e. The molecule has 1 N–H and O–H groups in total. The Balaban J connectivity index is 1.41. The first-order valence-corrected chi connectivity index (χ1v) is 9.40. The zero-order chi connectivity index (χ0) is 15.9. The Morgan fingerprint density at radius 2 is 1.96 bits per heavy atom. The van der Waals surface area contributed by atoms with Crippen molar-refractivity contribution < 1.29 is 0 Å². The Labute approximate surface area is 144 Å². The number of aryl methyl sites for hydroxylation is 1. The zero-order valence-corrected chi connectivity index (χ0v) is 14.5. The molecule has 0 bridgehead atoms. The van der Waals surface area contributed by atoms with E-state index in [1.54, 1.807) is 6.20 Å². The van der Waals surface area contributed by atoms with Crippen LogP contribution in [0.5, 0.6) is 0 Å². The summed E-state index contributed by atoms with van der Waals surface area (Å²) in [7, 11) is 0. The number of nitrogens with zero attached hydrogens (tertiary/aromatic N) is 3. The lowest BCUT2D eigenvalue weighted by Gasteiger charge is -2.03.